The van der Waals surface area contributed by atoms with Crippen LogP contribution >= 0.6 is 0 Å². The number of alkyl halides is 3. The second-order valence-electron chi connectivity index (χ2n) is 7.36. The zero-order valence-electron chi connectivity index (χ0n) is 17.5. The molecule has 1 aromatic carbocycles. The van der Waals surface area contributed by atoms with Gasteiger partial charge in [-0.3, -0.25) is 9.38 Å². The molecule has 3 heterocycles. The molecule has 33 heavy (non-hydrogen) atoms. The highest BCUT2D eigenvalue weighted by molar-refractivity contribution is 7.89. The van der Waals surface area contributed by atoms with Gasteiger partial charge in [-0.05, 0) is 43.2 Å². The monoisotopic (exact) mass is 473 g/mol. The van der Waals surface area contributed by atoms with Gasteiger partial charge in [0.2, 0.25) is 0 Å². The molecule has 170 valence electrons. The molecule has 0 saturated heterocycles. The molecule has 0 radical (unpaired) electrons. The predicted octanol–water partition coefficient (Wildman–Crippen LogP) is 4.34. The zero-order chi connectivity index (χ0) is 23.8. The van der Waals surface area contributed by atoms with Crippen molar-refractivity contribution < 1.29 is 21.6 Å². The van der Waals surface area contributed by atoms with Crippen molar-refractivity contribution in [1.82, 2.24) is 19.2 Å². The predicted molar refractivity (Wildman–Crippen MR) is 117 cm³/mol. The molecule has 4 aromatic rings. The SMILES string of the molecule is Cc1cccc(C)c1S(=O)(=O)NN=Cc1cnc2ccc(-c3cncc(C(F)(F)F)c3)cn12. The van der Waals surface area contributed by atoms with Crippen LogP contribution in [0.15, 0.2) is 71.2 Å². The first-order chi connectivity index (χ1) is 15.6. The largest absolute Gasteiger partial charge is 0.417 e. The fraction of sp³-hybridized carbons (Fsp3) is 0.136. The number of pyridine rings is 2. The fourth-order valence-electron chi connectivity index (χ4n) is 3.45. The highest BCUT2D eigenvalue weighted by Gasteiger charge is 2.31. The molecule has 0 atom stereocenters. The van der Waals surface area contributed by atoms with Crippen LogP contribution in [0.2, 0.25) is 0 Å². The molecule has 11 heteroatoms. The number of halogens is 3. The number of imidazole rings is 1. The molecule has 0 unspecified atom stereocenters. The number of nitrogens with one attached hydrogen (secondary N) is 1. The van der Waals surface area contributed by atoms with E-state index in [-0.39, 0.29) is 10.5 Å². The molecule has 0 aliphatic carbocycles. The van der Waals surface area contributed by atoms with Gasteiger partial charge in [-0.25, -0.2) is 4.98 Å². The molecular formula is C22H18F3N5O2S. The normalized spacial score (nSPS) is 12.5. The number of aryl methyl sites for hydroxylation is 2. The Morgan fingerprint density at radius 1 is 1.03 bits per heavy atom. The van der Waals surface area contributed by atoms with Gasteiger partial charge in [0.15, 0.2) is 0 Å². The van der Waals surface area contributed by atoms with Crippen molar-refractivity contribution in [2.75, 3.05) is 0 Å². The van der Waals surface area contributed by atoms with Gasteiger partial charge in [-0.15, -0.1) is 0 Å². The minimum absolute atomic E-state index is 0.152. The van der Waals surface area contributed by atoms with Crippen LogP contribution < -0.4 is 4.83 Å². The van der Waals surface area contributed by atoms with E-state index in [1.165, 1.54) is 18.6 Å². The lowest BCUT2D eigenvalue weighted by Crippen LogP contribution is -2.20. The van der Waals surface area contributed by atoms with E-state index in [1.807, 2.05) is 0 Å². The second kappa shape index (κ2) is 8.32. The van der Waals surface area contributed by atoms with Crippen molar-refractivity contribution >= 4 is 21.9 Å². The Kier molecular flexibility index (Phi) is 5.66. The first-order valence-electron chi connectivity index (χ1n) is 9.67. The van der Waals surface area contributed by atoms with E-state index in [4.69, 9.17) is 0 Å². The number of sulfonamides is 1. The summed E-state index contributed by atoms with van der Waals surface area (Å²) >= 11 is 0. The summed E-state index contributed by atoms with van der Waals surface area (Å²) < 4.78 is 66.0. The summed E-state index contributed by atoms with van der Waals surface area (Å²) in [5.41, 5.74) is 2.02. The molecule has 0 aliphatic rings. The summed E-state index contributed by atoms with van der Waals surface area (Å²) in [6.07, 6.45) is 1.92. The molecule has 0 fully saturated rings. The standard InChI is InChI=1S/C22H18F3N5O2S/c1-14-4-3-5-15(2)21(14)33(31,32)29-28-12-19-11-27-20-7-6-16(13-30(19)20)17-8-18(10-26-9-17)22(23,24)25/h3-13,29H,1-2H3. The molecule has 0 bridgehead atoms. The van der Waals surface area contributed by atoms with Gasteiger partial charge in [0.25, 0.3) is 10.0 Å². The highest BCUT2D eigenvalue weighted by atomic mass is 32.2. The average molecular weight is 473 g/mol. The van der Waals surface area contributed by atoms with E-state index in [1.54, 1.807) is 54.8 Å². The van der Waals surface area contributed by atoms with Crippen molar-refractivity contribution in [3.8, 4) is 11.1 Å². The van der Waals surface area contributed by atoms with Gasteiger partial charge in [0.05, 0.1) is 28.6 Å². The molecule has 0 amide bonds. The number of hydrogen-bond donors (Lipinski definition) is 1. The lowest BCUT2D eigenvalue weighted by atomic mass is 10.1. The number of fused-ring (bicyclic) bond motifs is 1. The van der Waals surface area contributed by atoms with Gasteiger partial charge < -0.3 is 0 Å². The van der Waals surface area contributed by atoms with Crippen LogP contribution in [0, 0.1) is 13.8 Å². The van der Waals surface area contributed by atoms with Crippen LogP contribution in [-0.4, -0.2) is 29.0 Å². The summed E-state index contributed by atoms with van der Waals surface area (Å²) in [6.45, 7) is 3.39. The Bertz CT molecular complexity index is 1460. The minimum Gasteiger partial charge on any atom is -0.298 e. The van der Waals surface area contributed by atoms with Crippen LogP contribution in [-0.2, 0) is 16.2 Å². The number of hydrogen-bond acceptors (Lipinski definition) is 5. The third-order valence-electron chi connectivity index (χ3n) is 4.98. The van der Waals surface area contributed by atoms with E-state index >= 15 is 0 Å². The highest BCUT2D eigenvalue weighted by Crippen LogP contribution is 2.31. The topological polar surface area (TPSA) is 88.7 Å². The first-order valence-corrected chi connectivity index (χ1v) is 11.2. The summed E-state index contributed by atoms with van der Waals surface area (Å²) in [6, 6.07) is 9.43. The Balaban J connectivity index is 1.64. The van der Waals surface area contributed by atoms with Crippen LogP contribution in [0.25, 0.3) is 16.8 Å². The van der Waals surface area contributed by atoms with Crippen molar-refractivity contribution in [1.29, 1.82) is 0 Å². The Morgan fingerprint density at radius 3 is 2.45 bits per heavy atom. The van der Waals surface area contributed by atoms with Crippen molar-refractivity contribution in [3.05, 3.63) is 83.6 Å². The lowest BCUT2D eigenvalue weighted by Gasteiger charge is -2.10. The smallest absolute Gasteiger partial charge is 0.298 e. The van der Waals surface area contributed by atoms with E-state index in [2.05, 4.69) is 19.9 Å². The molecular weight excluding hydrogens is 455 g/mol. The van der Waals surface area contributed by atoms with E-state index in [0.29, 0.717) is 28.0 Å². The number of hydrazone groups is 1. The van der Waals surface area contributed by atoms with Gasteiger partial charge in [-0.2, -0.15) is 31.5 Å². The van der Waals surface area contributed by atoms with Crippen LogP contribution in [0.5, 0.6) is 0 Å². The fourth-order valence-corrected chi connectivity index (χ4v) is 4.72. The summed E-state index contributed by atoms with van der Waals surface area (Å²) in [5, 5.41) is 3.86. The van der Waals surface area contributed by atoms with Crippen LogP contribution in [0.3, 0.4) is 0 Å². The number of aromatic nitrogens is 3. The van der Waals surface area contributed by atoms with Crippen LogP contribution in [0.1, 0.15) is 22.4 Å². The molecule has 1 N–H and O–H groups in total. The summed E-state index contributed by atoms with van der Waals surface area (Å²) in [4.78, 5) is 10.2. The molecule has 3 aromatic heterocycles. The summed E-state index contributed by atoms with van der Waals surface area (Å²) in [5.74, 6) is 0. The van der Waals surface area contributed by atoms with Gasteiger partial charge in [0.1, 0.15) is 5.65 Å². The van der Waals surface area contributed by atoms with Crippen molar-refractivity contribution in [2.45, 2.75) is 24.9 Å². The molecule has 0 aliphatic heterocycles. The first kappa shape index (κ1) is 22.5. The van der Waals surface area contributed by atoms with E-state index < -0.39 is 21.8 Å². The van der Waals surface area contributed by atoms with Gasteiger partial charge in [0, 0.05) is 29.7 Å². The molecule has 0 spiro atoms. The van der Waals surface area contributed by atoms with E-state index in [0.717, 1.165) is 12.3 Å². The maximum atomic E-state index is 13.0. The average Bonchev–Trinajstić information content (AvgIpc) is 3.15. The Labute approximate surface area is 187 Å². The van der Waals surface area contributed by atoms with E-state index in [9.17, 15) is 21.6 Å². The second-order valence-corrected chi connectivity index (χ2v) is 8.96. The Morgan fingerprint density at radius 2 is 1.76 bits per heavy atom. The number of benzene rings is 1. The maximum Gasteiger partial charge on any atom is 0.417 e. The minimum atomic E-state index is -4.51. The van der Waals surface area contributed by atoms with Crippen molar-refractivity contribution in [3.63, 3.8) is 0 Å². The quantitative estimate of drug-likeness (QED) is 0.345. The van der Waals surface area contributed by atoms with Crippen molar-refractivity contribution in [2.24, 2.45) is 5.10 Å². The van der Waals surface area contributed by atoms with Gasteiger partial charge in [-0.1, -0.05) is 18.2 Å². The lowest BCUT2D eigenvalue weighted by molar-refractivity contribution is -0.137. The maximum absolute atomic E-state index is 13.0. The molecule has 7 nitrogen and oxygen atoms in total. The Hall–Kier alpha value is -3.73. The molecule has 4 rings (SSSR count). The third kappa shape index (κ3) is 4.58. The number of rotatable bonds is 5. The third-order valence-corrected chi connectivity index (χ3v) is 6.51. The zero-order valence-corrected chi connectivity index (χ0v) is 18.3. The molecule has 0 saturated carbocycles. The number of nitrogens with zero attached hydrogens (tertiary/aromatic N) is 4. The van der Waals surface area contributed by atoms with Crippen LogP contribution in [0.4, 0.5) is 13.2 Å². The van der Waals surface area contributed by atoms with Gasteiger partial charge >= 0.3 is 6.18 Å². The summed E-state index contributed by atoms with van der Waals surface area (Å²) in [7, 11) is -3.89.